The van der Waals surface area contributed by atoms with E-state index in [1.807, 2.05) is 94.4 Å². The van der Waals surface area contributed by atoms with Crippen LogP contribution in [-0.4, -0.2) is 121 Å². The molecule has 15 nitrogen and oxygen atoms in total. The molecular formula is C55H66N10O5. The highest BCUT2D eigenvalue weighted by Crippen LogP contribution is 2.35. The summed E-state index contributed by atoms with van der Waals surface area (Å²) in [5.74, 6) is 1.16. The minimum atomic E-state index is -0.298. The molecule has 0 bridgehead atoms. The van der Waals surface area contributed by atoms with Crippen LogP contribution in [-0.2, 0) is 18.3 Å². The van der Waals surface area contributed by atoms with Gasteiger partial charge in [-0.25, -0.2) is 0 Å². The molecule has 1 saturated carbocycles. The first-order valence-electron chi connectivity index (χ1n) is 24.7. The second-order valence-corrected chi connectivity index (χ2v) is 19.8. The van der Waals surface area contributed by atoms with Crippen LogP contribution in [0.5, 0.6) is 11.5 Å². The molecule has 2 atom stereocenters. The van der Waals surface area contributed by atoms with Crippen molar-refractivity contribution in [3.8, 4) is 33.8 Å². The Hall–Kier alpha value is -6.68. The van der Waals surface area contributed by atoms with Crippen LogP contribution in [0.2, 0.25) is 0 Å². The molecule has 70 heavy (non-hydrogen) atoms. The zero-order chi connectivity index (χ0) is 48.6. The summed E-state index contributed by atoms with van der Waals surface area (Å²) in [6.07, 6.45) is 10.3. The number of hydrogen-bond acceptors (Lipinski definition) is 11. The van der Waals surface area contributed by atoms with Crippen LogP contribution < -0.4 is 35.2 Å². The van der Waals surface area contributed by atoms with Gasteiger partial charge in [-0.15, -0.1) is 0 Å². The molecule has 6 aromatic rings. The number of nitrogens with zero attached hydrogens (tertiary/aromatic N) is 7. The maximum Gasteiger partial charge on any atom is 0.252 e. The van der Waals surface area contributed by atoms with Crippen molar-refractivity contribution in [3.05, 3.63) is 130 Å². The SMILES string of the molecule is COc1cc(-c2cnn(Cc3cc(C)c(C(=O)N[C@H](C)c4cc(OC)cc(-c5cnn(C)c5)c4)cc3N3CC(N4CCOCC4)C3)c2)cc([C@@H](C)NC(=O)c2cc(N3CC(NC4CC4)C3)ccc2C)c1. The second kappa shape index (κ2) is 20.0. The summed E-state index contributed by atoms with van der Waals surface area (Å²) in [5, 5.41) is 19.5. The monoisotopic (exact) mass is 947 g/mol. The highest BCUT2D eigenvalue weighted by Gasteiger charge is 2.35. The number of rotatable bonds is 17. The number of carbonyl (C=O) groups excluding carboxylic acids is 2. The molecule has 2 amide bonds. The van der Waals surface area contributed by atoms with E-state index in [0.29, 0.717) is 47.3 Å². The van der Waals surface area contributed by atoms with Crippen LogP contribution in [0.1, 0.15) is 87.3 Å². The Morgan fingerprint density at radius 1 is 0.700 bits per heavy atom. The van der Waals surface area contributed by atoms with Crippen LogP contribution >= 0.6 is 0 Å². The Morgan fingerprint density at radius 2 is 1.31 bits per heavy atom. The zero-order valence-electron chi connectivity index (χ0n) is 41.5. The fourth-order valence-corrected chi connectivity index (χ4v) is 10.0. The molecule has 1 aliphatic carbocycles. The molecule has 4 aliphatic rings. The maximum absolute atomic E-state index is 14.3. The standard InChI is InChI=1S/C55H66N10O5/c1-34-8-11-47(63-30-46(31-63)60-45-9-10-45)23-51(34)54(66)58-36(3)39-18-41(22-50(20-39)69-7)44-26-57-65(29-44)28-42-16-35(2)52(24-53(42)64-32-48(33-64)62-12-14-70-15-13-62)55(67)59-37(4)38-17-40(21-49(19-38)68-6)43-25-56-61(5)27-43/h8,11,16-27,29,36-37,45-46,48,60H,9-10,12-15,28,30-33H2,1-7H3,(H,58,66)(H,59,67)/t36-,37-/m1/s1. The van der Waals surface area contributed by atoms with E-state index >= 15 is 0 Å². The van der Waals surface area contributed by atoms with Crippen molar-refractivity contribution in [1.82, 2.24) is 40.4 Å². The smallest absolute Gasteiger partial charge is 0.252 e. The lowest BCUT2D eigenvalue weighted by Gasteiger charge is -2.48. The van der Waals surface area contributed by atoms with Crippen molar-refractivity contribution >= 4 is 23.2 Å². The summed E-state index contributed by atoms with van der Waals surface area (Å²) < 4.78 is 20.9. The molecule has 3 saturated heterocycles. The predicted octanol–water partition coefficient (Wildman–Crippen LogP) is 7.08. The fourth-order valence-electron chi connectivity index (χ4n) is 10.0. The zero-order valence-corrected chi connectivity index (χ0v) is 41.5. The number of hydrogen-bond donors (Lipinski definition) is 3. The van der Waals surface area contributed by atoms with Gasteiger partial charge >= 0.3 is 0 Å². The molecule has 366 valence electrons. The lowest BCUT2D eigenvalue weighted by Crippen LogP contribution is -2.61. The number of anilines is 2. The molecule has 2 aromatic heterocycles. The molecule has 0 spiro atoms. The number of aromatic nitrogens is 4. The van der Waals surface area contributed by atoms with E-state index in [1.54, 1.807) is 18.9 Å². The van der Waals surface area contributed by atoms with Gasteiger partial charge in [0.1, 0.15) is 11.5 Å². The van der Waals surface area contributed by atoms with Crippen LogP contribution in [0.3, 0.4) is 0 Å². The second-order valence-electron chi connectivity index (χ2n) is 19.8. The van der Waals surface area contributed by atoms with Gasteiger partial charge < -0.3 is 40.0 Å². The van der Waals surface area contributed by atoms with Gasteiger partial charge in [0.05, 0.1) is 58.5 Å². The molecule has 15 heteroatoms. The quantitative estimate of drug-likeness (QED) is 0.0864. The Labute approximate surface area is 411 Å². The Balaban J connectivity index is 0.863. The van der Waals surface area contributed by atoms with Crippen molar-refractivity contribution in [2.45, 2.75) is 77.3 Å². The first kappa shape index (κ1) is 47.0. The Bertz CT molecular complexity index is 2870. The van der Waals surface area contributed by atoms with Crippen LogP contribution in [0.25, 0.3) is 22.3 Å². The molecule has 4 fully saturated rings. The first-order chi connectivity index (χ1) is 33.9. The minimum Gasteiger partial charge on any atom is -0.497 e. The van der Waals surface area contributed by atoms with E-state index in [-0.39, 0.29) is 23.9 Å². The summed E-state index contributed by atoms with van der Waals surface area (Å²) in [5.41, 5.74) is 12.0. The molecule has 3 aliphatic heterocycles. The Kier molecular flexibility index (Phi) is 13.4. The van der Waals surface area contributed by atoms with Gasteiger partial charge in [-0.3, -0.25) is 23.9 Å². The number of benzene rings is 4. The van der Waals surface area contributed by atoms with Crippen molar-refractivity contribution < 1.29 is 23.8 Å². The van der Waals surface area contributed by atoms with Gasteiger partial charge in [-0.2, -0.15) is 10.2 Å². The highest BCUT2D eigenvalue weighted by molar-refractivity contribution is 5.98. The van der Waals surface area contributed by atoms with E-state index < -0.39 is 0 Å². The van der Waals surface area contributed by atoms with Crippen molar-refractivity contribution in [2.75, 3.05) is 76.5 Å². The van der Waals surface area contributed by atoms with Gasteiger partial charge in [0.25, 0.3) is 11.8 Å². The van der Waals surface area contributed by atoms with E-state index in [1.165, 1.54) is 12.8 Å². The number of aryl methyl sites for hydroxylation is 3. The molecule has 0 unspecified atom stereocenters. The van der Waals surface area contributed by atoms with Gasteiger partial charge in [-0.1, -0.05) is 12.1 Å². The average Bonchev–Trinajstić information content (AvgIpc) is 3.86. The minimum absolute atomic E-state index is 0.105. The number of morpholine rings is 1. The number of methoxy groups -OCH3 is 2. The average molecular weight is 947 g/mol. The third-order valence-corrected chi connectivity index (χ3v) is 14.6. The van der Waals surface area contributed by atoms with Crippen LogP contribution in [0.4, 0.5) is 11.4 Å². The molecule has 0 radical (unpaired) electrons. The third kappa shape index (κ3) is 10.3. The summed E-state index contributed by atoms with van der Waals surface area (Å²) >= 11 is 0. The highest BCUT2D eigenvalue weighted by atomic mass is 16.5. The molecule has 5 heterocycles. The van der Waals surface area contributed by atoms with Crippen molar-refractivity contribution in [1.29, 1.82) is 0 Å². The maximum atomic E-state index is 14.3. The topological polar surface area (TPSA) is 143 Å². The fraction of sp³-hybridized carbons (Fsp3) is 0.418. The van der Waals surface area contributed by atoms with Crippen LogP contribution in [0, 0.1) is 13.8 Å². The van der Waals surface area contributed by atoms with E-state index in [4.69, 9.17) is 19.3 Å². The summed E-state index contributed by atoms with van der Waals surface area (Å²) in [6, 6.07) is 23.6. The first-order valence-corrected chi connectivity index (χ1v) is 24.7. The number of nitrogens with one attached hydrogen (secondary N) is 3. The number of ether oxygens (including phenoxy) is 3. The van der Waals surface area contributed by atoms with E-state index in [0.717, 1.165) is 114 Å². The summed E-state index contributed by atoms with van der Waals surface area (Å²) in [4.78, 5) is 35.4. The summed E-state index contributed by atoms with van der Waals surface area (Å²) in [6.45, 7) is 15.5. The van der Waals surface area contributed by atoms with Gasteiger partial charge in [0.2, 0.25) is 0 Å². The number of amides is 2. The lowest BCUT2D eigenvalue weighted by molar-refractivity contribution is 0.0105. The molecule has 3 N–H and O–H groups in total. The van der Waals surface area contributed by atoms with Gasteiger partial charge in [-0.05, 0) is 134 Å². The molecule has 10 rings (SSSR count). The normalized spacial score (nSPS) is 17.4. The third-order valence-electron chi connectivity index (χ3n) is 14.6. The largest absolute Gasteiger partial charge is 0.497 e. The van der Waals surface area contributed by atoms with Crippen molar-refractivity contribution in [3.63, 3.8) is 0 Å². The van der Waals surface area contributed by atoms with E-state index in [9.17, 15) is 9.59 Å². The molecular weight excluding hydrogens is 881 g/mol. The Morgan fingerprint density at radius 3 is 1.91 bits per heavy atom. The molecule has 4 aromatic carbocycles. The lowest BCUT2D eigenvalue weighted by atomic mass is 9.97. The van der Waals surface area contributed by atoms with Gasteiger partial charge in [0.15, 0.2) is 0 Å². The summed E-state index contributed by atoms with van der Waals surface area (Å²) in [7, 11) is 5.21. The van der Waals surface area contributed by atoms with Crippen LogP contribution in [0.15, 0.2) is 91.5 Å². The predicted molar refractivity (Wildman–Crippen MR) is 273 cm³/mol. The van der Waals surface area contributed by atoms with Gasteiger partial charge in [0, 0.05) is 110 Å². The van der Waals surface area contributed by atoms with Crippen molar-refractivity contribution in [2.24, 2.45) is 7.05 Å². The number of carbonyl (C=O) groups is 2. The van der Waals surface area contributed by atoms with E-state index in [2.05, 4.69) is 72.3 Å².